The monoisotopic (exact) mass is 465 g/mol. The number of ether oxygens (including phenoxy) is 1. The van der Waals surface area contributed by atoms with Gasteiger partial charge in [-0.15, -0.1) is 0 Å². The summed E-state index contributed by atoms with van der Waals surface area (Å²) in [7, 11) is 0. The molecule has 0 saturated heterocycles. The topological polar surface area (TPSA) is 69.3 Å². The van der Waals surface area contributed by atoms with E-state index in [0.29, 0.717) is 16.5 Å². The summed E-state index contributed by atoms with van der Waals surface area (Å²) in [4.78, 5) is 12.5. The van der Waals surface area contributed by atoms with E-state index in [0.717, 1.165) is 22.3 Å². The van der Waals surface area contributed by atoms with Gasteiger partial charge in [-0.25, -0.2) is 0 Å². The van der Waals surface area contributed by atoms with Crippen LogP contribution < -0.4 is 10.1 Å². The first-order valence-electron chi connectivity index (χ1n) is 8.88. The van der Waals surface area contributed by atoms with Gasteiger partial charge in [0, 0.05) is 22.3 Å². The average Bonchev–Trinajstić information content (AvgIpc) is 3.27. The minimum Gasteiger partial charge on any atom is -0.484 e. The molecule has 0 aliphatic carbocycles. The molecular weight excluding hydrogens is 446 g/mol. The van der Waals surface area contributed by atoms with Gasteiger partial charge in [-0.05, 0) is 51.1 Å². The van der Waals surface area contributed by atoms with E-state index in [9.17, 15) is 4.79 Å². The van der Waals surface area contributed by atoms with Gasteiger partial charge in [-0.1, -0.05) is 27.5 Å². The highest BCUT2D eigenvalue weighted by molar-refractivity contribution is 9.10. The number of carbonyl (C=O) groups is 1. The van der Waals surface area contributed by atoms with Crippen LogP contribution in [0.1, 0.15) is 47.5 Å². The van der Waals surface area contributed by atoms with Gasteiger partial charge in [0.05, 0.1) is 17.3 Å². The molecule has 0 radical (unpaired) electrons. The third-order valence-electron chi connectivity index (χ3n) is 4.40. The third-order valence-corrected chi connectivity index (χ3v) is 5.19. The SMILES string of the molecule is CCn1ncc(C(C)NC(=O)c2ccc(COc3ccc(Br)cc3Cl)o2)c1C. The lowest BCUT2D eigenvalue weighted by molar-refractivity contribution is 0.0907. The number of aromatic nitrogens is 2. The van der Waals surface area contributed by atoms with Gasteiger partial charge in [-0.2, -0.15) is 5.10 Å². The molecule has 0 fully saturated rings. The lowest BCUT2D eigenvalue weighted by Crippen LogP contribution is -2.26. The zero-order valence-electron chi connectivity index (χ0n) is 15.8. The predicted molar refractivity (Wildman–Crippen MR) is 111 cm³/mol. The van der Waals surface area contributed by atoms with Crippen LogP contribution in [0.3, 0.4) is 0 Å². The summed E-state index contributed by atoms with van der Waals surface area (Å²) in [6, 6.07) is 8.52. The smallest absolute Gasteiger partial charge is 0.287 e. The van der Waals surface area contributed by atoms with Crippen LogP contribution >= 0.6 is 27.5 Å². The Labute approximate surface area is 176 Å². The number of nitrogens with one attached hydrogen (secondary N) is 1. The number of benzene rings is 1. The van der Waals surface area contributed by atoms with Gasteiger partial charge in [0.25, 0.3) is 5.91 Å². The van der Waals surface area contributed by atoms with Crippen LogP contribution in [0, 0.1) is 6.92 Å². The normalized spacial score (nSPS) is 12.0. The molecule has 148 valence electrons. The number of carbonyl (C=O) groups excluding carboxylic acids is 1. The fourth-order valence-electron chi connectivity index (χ4n) is 2.87. The number of aryl methyl sites for hydroxylation is 1. The van der Waals surface area contributed by atoms with Crippen molar-refractivity contribution >= 4 is 33.4 Å². The zero-order valence-corrected chi connectivity index (χ0v) is 18.2. The molecule has 1 unspecified atom stereocenters. The van der Waals surface area contributed by atoms with Crippen LogP contribution in [0.15, 0.2) is 45.4 Å². The van der Waals surface area contributed by atoms with E-state index in [1.807, 2.05) is 31.5 Å². The Kier molecular flexibility index (Phi) is 6.46. The first kappa shape index (κ1) is 20.5. The van der Waals surface area contributed by atoms with Gasteiger partial charge in [0.2, 0.25) is 0 Å². The fourth-order valence-corrected chi connectivity index (χ4v) is 3.60. The predicted octanol–water partition coefficient (Wildman–Crippen LogP) is 5.29. The lowest BCUT2D eigenvalue weighted by atomic mass is 10.1. The van der Waals surface area contributed by atoms with Crippen molar-refractivity contribution in [3.63, 3.8) is 0 Å². The first-order valence-corrected chi connectivity index (χ1v) is 10.1. The van der Waals surface area contributed by atoms with Crippen molar-refractivity contribution in [2.45, 2.75) is 40.0 Å². The number of furan rings is 1. The van der Waals surface area contributed by atoms with Crippen molar-refractivity contribution in [1.29, 1.82) is 0 Å². The van der Waals surface area contributed by atoms with E-state index in [4.69, 9.17) is 20.8 Å². The maximum Gasteiger partial charge on any atom is 0.287 e. The minimum absolute atomic E-state index is 0.173. The lowest BCUT2D eigenvalue weighted by Gasteiger charge is -2.13. The highest BCUT2D eigenvalue weighted by Gasteiger charge is 2.18. The Hall–Kier alpha value is -2.25. The molecule has 3 aromatic rings. The summed E-state index contributed by atoms with van der Waals surface area (Å²) in [5.74, 6) is 1.02. The standard InChI is InChI=1S/C20H21BrClN3O3/c1-4-25-13(3)16(10-23-25)12(2)24-20(26)19-8-6-15(28-19)11-27-18-7-5-14(21)9-17(18)22/h5-10,12H,4,11H2,1-3H3,(H,24,26). The highest BCUT2D eigenvalue weighted by atomic mass is 79.9. The Morgan fingerprint density at radius 1 is 1.39 bits per heavy atom. The molecule has 28 heavy (non-hydrogen) atoms. The number of halogens is 2. The number of hydrogen-bond donors (Lipinski definition) is 1. The quantitative estimate of drug-likeness (QED) is 0.513. The molecule has 0 bridgehead atoms. The maximum absolute atomic E-state index is 12.5. The van der Waals surface area contributed by atoms with Crippen LogP contribution in [0.2, 0.25) is 5.02 Å². The zero-order chi connectivity index (χ0) is 20.3. The van der Waals surface area contributed by atoms with Crippen molar-refractivity contribution in [3.8, 4) is 5.75 Å². The summed E-state index contributed by atoms with van der Waals surface area (Å²) in [6.07, 6.45) is 1.78. The van der Waals surface area contributed by atoms with Crippen LogP contribution in [0.5, 0.6) is 5.75 Å². The van der Waals surface area contributed by atoms with Crippen molar-refractivity contribution < 1.29 is 13.9 Å². The molecule has 1 aromatic carbocycles. The molecule has 1 atom stereocenters. The molecule has 0 spiro atoms. The summed E-state index contributed by atoms with van der Waals surface area (Å²) < 4.78 is 14.0. The summed E-state index contributed by atoms with van der Waals surface area (Å²) in [5, 5.41) is 7.75. The second-order valence-electron chi connectivity index (χ2n) is 6.33. The largest absolute Gasteiger partial charge is 0.484 e. The number of nitrogens with zero attached hydrogens (tertiary/aromatic N) is 2. The van der Waals surface area contributed by atoms with E-state index < -0.39 is 0 Å². The van der Waals surface area contributed by atoms with Crippen LogP contribution in [0.25, 0.3) is 0 Å². The van der Waals surface area contributed by atoms with Gasteiger partial charge in [0.1, 0.15) is 18.1 Å². The van der Waals surface area contributed by atoms with E-state index >= 15 is 0 Å². The number of rotatable bonds is 7. The van der Waals surface area contributed by atoms with Crippen molar-refractivity contribution in [1.82, 2.24) is 15.1 Å². The number of hydrogen-bond acceptors (Lipinski definition) is 4. The maximum atomic E-state index is 12.5. The van der Waals surface area contributed by atoms with Crippen molar-refractivity contribution in [2.24, 2.45) is 0 Å². The fraction of sp³-hybridized carbons (Fsp3) is 0.300. The molecule has 3 rings (SSSR count). The molecule has 0 saturated carbocycles. The third kappa shape index (κ3) is 4.59. The molecule has 1 N–H and O–H groups in total. The van der Waals surface area contributed by atoms with Crippen LogP contribution in [-0.2, 0) is 13.2 Å². The van der Waals surface area contributed by atoms with E-state index in [1.165, 1.54) is 0 Å². The minimum atomic E-state index is -0.288. The molecular formula is C20H21BrClN3O3. The summed E-state index contributed by atoms with van der Waals surface area (Å²) >= 11 is 9.48. The van der Waals surface area contributed by atoms with Crippen LogP contribution in [-0.4, -0.2) is 15.7 Å². The Bertz CT molecular complexity index is 983. The average molecular weight is 467 g/mol. The van der Waals surface area contributed by atoms with Gasteiger partial charge < -0.3 is 14.5 Å². The van der Waals surface area contributed by atoms with Crippen LogP contribution in [0.4, 0.5) is 0 Å². The number of amides is 1. The molecule has 2 aromatic heterocycles. The Balaban J connectivity index is 1.61. The summed E-state index contributed by atoms with van der Waals surface area (Å²) in [5.41, 5.74) is 2.02. The molecule has 6 nitrogen and oxygen atoms in total. The molecule has 0 aliphatic heterocycles. The summed E-state index contributed by atoms with van der Waals surface area (Å²) in [6.45, 7) is 6.90. The molecule has 8 heteroatoms. The molecule has 0 aliphatic rings. The van der Waals surface area contributed by atoms with Gasteiger partial charge >= 0.3 is 0 Å². The highest BCUT2D eigenvalue weighted by Crippen LogP contribution is 2.28. The van der Waals surface area contributed by atoms with Gasteiger partial charge in [0.15, 0.2) is 5.76 Å². The second-order valence-corrected chi connectivity index (χ2v) is 7.65. The van der Waals surface area contributed by atoms with E-state index in [1.54, 1.807) is 30.5 Å². The molecule has 1 amide bonds. The first-order chi connectivity index (χ1) is 13.4. The van der Waals surface area contributed by atoms with Gasteiger partial charge in [-0.3, -0.25) is 9.48 Å². The van der Waals surface area contributed by atoms with E-state index in [-0.39, 0.29) is 24.3 Å². The molecule has 2 heterocycles. The Morgan fingerprint density at radius 3 is 2.86 bits per heavy atom. The second kappa shape index (κ2) is 8.84. The van der Waals surface area contributed by atoms with Crippen molar-refractivity contribution in [2.75, 3.05) is 0 Å². The van der Waals surface area contributed by atoms with Crippen molar-refractivity contribution in [3.05, 3.63) is 68.8 Å². The van der Waals surface area contributed by atoms with E-state index in [2.05, 4.69) is 26.3 Å². The Morgan fingerprint density at radius 2 is 2.18 bits per heavy atom.